The summed E-state index contributed by atoms with van der Waals surface area (Å²) in [5.74, 6) is -1.92. The molecule has 0 saturated heterocycles. The van der Waals surface area contributed by atoms with Gasteiger partial charge in [0.05, 0.1) is 6.61 Å². The highest BCUT2D eigenvalue weighted by Gasteiger charge is 2.33. The number of halogens is 3. The second-order valence-corrected chi connectivity index (χ2v) is 3.16. The van der Waals surface area contributed by atoms with Crippen LogP contribution in [0, 0.1) is 0 Å². The third kappa shape index (κ3) is 7.37. The first-order valence-corrected chi connectivity index (χ1v) is 4.91. The van der Waals surface area contributed by atoms with Gasteiger partial charge in [0.15, 0.2) is 0 Å². The summed E-state index contributed by atoms with van der Waals surface area (Å²) in [6.45, 7) is 4.34. The molecule has 0 saturated carbocycles. The number of hydrogen-bond donors (Lipinski definition) is 0. The summed E-state index contributed by atoms with van der Waals surface area (Å²) < 4.78 is 40.6. The molecule has 0 aromatic rings. The van der Waals surface area contributed by atoms with E-state index in [1.54, 1.807) is 6.92 Å². The van der Waals surface area contributed by atoms with Crippen LogP contribution in [-0.2, 0) is 14.3 Å². The van der Waals surface area contributed by atoms with Crippen LogP contribution in [0.4, 0.5) is 13.2 Å². The van der Waals surface area contributed by atoms with Gasteiger partial charge in [-0.15, -0.1) is 6.58 Å². The maximum Gasteiger partial charge on any atom is 0.397 e. The summed E-state index contributed by atoms with van der Waals surface area (Å²) in [5.41, 5.74) is 0. The summed E-state index contributed by atoms with van der Waals surface area (Å²) >= 11 is 0. The Morgan fingerprint density at radius 3 is 2.41 bits per heavy atom. The molecular formula is C10H14F3NO3. The van der Waals surface area contributed by atoms with Gasteiger partial charge in [-0.2, -0.15) is 13.2 Å². The Hall–Kier alpha value is -1.53. The van der Waals surface area contributed by atoms with E-state index in [9.17, 15) is 22.8 Å². The van der Waals surface area contributed by atoms with Gasteiger partial charge < -0.3 is 9.64 Å². The second kappa shape index (κ2) is 6.93. The lowest BCUT2D eigenvalue weighted by Crippen LogP contribution is -2.38. The van der Waals surface area contributed by atoms with Crippen molar-refractivity contribution >= 4 is 11.9 Å². The van der Waals surface area contributed by atoms with Gasteiger partial charge in [0.1, 0.15) is 13.0 Å². The molecule has 7 heteroatoms. The zero-order valence-corrected chi connectivity index (χ0v) is 9.42. The maximum atomic E-state index is 12.0. The molecule has 0 N–H and O–H groups in total. The number of esters is 1. The zero-order valence-electron chi connectivity index (χ0n) is 9.42. The van der Waals surface area contributed by atoms with E-state index in [2.05, 4.69) is 11.3 Å². The van der Waals surface area contributed by atoms with Crippen LogP contribution >= 0.6 is 0 Å². The molecular weight excluding hydrogens is 239 g/mol. The molecule has 0 radical (unpaired) electrons. The third-order valence-corrected chi connectivity index (χ3v) is 1.68. The van der Waals surface area contributed by atoms with Gasteiger partial charge in [-0.05, 0) is 6.92 Å². The number of hydrogen-bond acceptors (Lipinski definition) is 3. The summed E-state index contributed by atoms with van der Waals surface area (Å²) in [7, 11) is 0. The smallest absolute Gasteiger partial charge is 0.397 e. The van der Waals surface area contributed by atoms with Crippen LogP contribution < -0.4 is 0 Å². The van der Waals surface area contributed by atoms with Crippen LogP contribution in [0.3, 0.4) is 0 Å². The van der Waals surface area contributed by atoms with E-state index in [0.717, 1.165) is 4.90 Å². The van der Waals surface area contributed by atoms with E-state index < -0.39 is 31.0 Å². The minimum absolute atomic E-state index is 0.105. The number of carbonyl (C=O) groups is 2. The van der Waals surface area contributed by atoms with Gasteiger partial charge in [0, 0.05) is 6.54 Å². The minimum atomic E-state index is -4.59. The second-order valence-electron chi connectivity index (χ2n) is 3.16. The van der Waals surface area contributed by atoms with Crippen molar-refractivity contribution in [3.05, 3.63) is 12.7 Å². The average Bonchev–Trinajstić information content (AvgIpc) is 2.14. The Morgan fingerprint density at radius 1 is 1.41 bits per heavy atom. The number of ether oxygens (including phenoxy) is 1. The normalized spacial score (nSPS) is 10.8. The number of amides is 1. The fourth-order valence-electron chi connectivity index (χ4n) is 1.06. The topological polar surface area (TPSA) is 46.6 Å². The summed E-state index contributed by atoms with van der Waals surface area (Å²) in [6, 6.07) is 0. The molecule has 1 amide bonds. The molecule has 0 aliphatic heterocycles. The molecule has 0 aromatic carbocycles. The highest BCUT2D eigenvalue weighted by molar-refractivity contribution is 5.82. The lowest BCUT2D eigenvalue weighted by atomic mass is 10.3. The first-order valence-electron chi connectivity index (χ1n) is 4.91. The lowest BCUT2D eigenvalue weighted by molar-refractivity contribution is -0.164. The zero-order chi connectivity index (χ0) is 13.5. The average molecular weight is 253 g/mol. The van der Waals surface area contributed by atoms with Gasteiger partial charge in [0.25, 0.3) is 0 Å². The quantitative estimate of drug-likeness (QED) is 0.532. The van der Waals surface area contributed by atoms with Crippen LogP contribution in [-0.4, -0.2) is 42.6 Å². The van der Waals surface area contributed by atoms with E-state index >= 15 is 0 Å². The van der Waals surface area contributed by atoms with Crippen molar-refractivity contribution in [2.24, 2.45) is 0 Å². The predicted molar refractivity (Wildman–Crippen MR) is 54.1 cm³/mol. The van der Waals surface area contributed by atoms with E-state index in [0.29, 0.717) is 0 Å². The number of rotatable bonds is 6. The Bertz CT molecular complexity index is 289. The molecule has 4 nitrogen and oxygen atoms in total. The molecule has 0 bridgehead atoms. The standard InChI is InChI=1S/C10H14F3NO3/c1-3-5-14(7-9(16)17-4-2)8(15)6-10(11,12)13/h3H,1,4-7H2,2H3. The molecule has 0 spiro atoms. The number of carbonyl (C=O) groups excluding carboxylic acids is 2. The maximum absolute atomic E-state index is 12.0. The highest BCUT2D eigenvalue weighted by atomic mass is 19.4. The van der Waals surface area contributed by atoms with E-state index in [-0.39, 0.29) is 13.2 Å². The van der Waals surface area contributed by atoms with Crippen molar-refractivity contribution < 1.29 is 27.5 Å². The van der Waals surface area contributed by atoms with E-state index in [1.807, 2.05) is 0 Å². The first-order chi connectivity index (χ1) is 7.80. The Balaban J connectivity index is 4.45. The molecule has 0 rings (SSSR count). The third-order valence-electron chi connectivity index (χ3n) is 1.68. The van der Waals surface area contributed by atoms with Crippen molar-refractivity contribution in [1.29, 1.82) is 0 Å². The van der Waals surface area contributed by atoms with Crippen LogP contribution in [0.5, 0.6) is 0 Å². The Morgan fingerprint density at radius 2 is 2.00 bits per heavy atom. The number of alkyl halides is 3. The van der Waals surface area contributed by atoms with Crippen LogP contribution in [0.1, 0.15) is 13.3 Å². The number of nitrogens with zero attached hydrogens (tertiary/aromatic N) is 1. The molecule has 0 heterocycles. The van der Waals surface area contributed by atoms with Gasteiger partial charge in [-0.3, -0.25) is 9.59 Å². The molecule has 0 unspecified atom stereocenters. The van der Waals surface area contributed by atoms with Gasteiger partial charge in [0.2, 0.25) is 5.91 Å². The summed E-state index contributed by atoms with van der Waals surface area (Å²) in [6.07, 6.45) is -4.95. The van der Waals surface area contributed by atoms with Crippen molar-refractivity contribution in [3.8, 4) is 0 Å². The van der Waals surface area contributed by atoms with Crippen molar-refractivity contribution in [2.45, 2.75) is 19.5 Å². The summed E-state index contributed by atoms with van der Waals surface area (Å²) in [4.78, 5) is 23.1. The van der Waals surface area contributed by atoms with E-state index in [4.69, 9.17) is 0 Å². The van der Waals surface area contributed by atoms with Gasteiger partial charge in [-0.25, -0.2) is 0 Å². The fraction of sp³-hybridized carbons (Fsp3) is 0.600. The fourth-order valence-corrected chi connectivity index (χ4v) is 1.06. The lowest BCUT2D eigenvalue weighted by Gasteiger charge is -2.20. The van der Waals surface area contributed by atoms with Crippen LogP contribution in [0.2, 0.25) is 0 Å². The molecule has 0 atom stereocenters. The molecule has 0 aromatic heterocycles. The van der Waals surface area contributed by atoms with Crippen LogP contribution in [0.25, 0.3) is 0 Å². The summed E-state index contributed by atoms with van der Waals surface area (Å²) in [5, 5.41) is 0. The highest BCUT2D eigenvalue weighted by Crippen LogP contribution is 2.20. The van der Waals surface area contributed by atoms with E-state index in [1.165, 1.54) is 6.08 Å². The molecule has 0 aliphatic rings. The molecule has 98 valence electrons. The Kier molecular flexibility index (Phi) is 6.30. The monoisotopic (exact) mass is 253 g/mol. The predicted octanol–water partition coefficient (Wildman–Crippen LogP) is 1.52. The van der Waals surface area contributed by atoms with Crippen molar-refractivity contribution in [1.82, 2.24) is 4.90 Å². The van der Waals surface area contributed by atoms with Gasteiger partial charge >= 0.3 is 12.1 Å². The van der Waals surface area contributed by atoms with Crippen molar-refractivity contribution in [3.63, 3.8) is 0 Å². The minimum Gasteiger partial charge on any atom is -0.465 e. The van der Waals surface area contributed by atoms with Crippen LogP contribution in [0.15, 0.2) is 12.7 Å². The Labute approximate surface area is 97.0 Å². The molecule has 0 fully saturated rings. The molecule has 17 heavy (non-hydrogen) atoms. The largest absolute Gasteiger partial charge is 0.465 e. The van der Waals surface area contributed by atoms with Crippen molar-refractivity contribution in [2.75, 3.05) is 19.7 Å². The first kappa shape index (κ1) is 15.5. The van der Waals surface area contributed by atoms with Gasteiger partial charge in [-0.1, -0.05) is 6.08 Å². The SMILES string of the molecule is C=CCN(CC(=O)OCC)C(=O)CC(F)(F)F. The molecule has 0 aliphatic carbocycles.